The zero-order valence-electron chi connectivity index (χ0n) is 16.2. The Bertz CT molecular complexity index is 755. The van der Waals surface area contributed by atoms with Gasteiger partial charge in [0.15, 0.2) is 6.10 Å². The number of ether oxygens (including phenoxy) is 2. The molecule has 0 saturated carbocycles. The summed E-state index contributed by atoms with van der Waals surface area (Å²) in [6.45, 7) is 6.13. The molecule has 0 radical (unpaired) electrons. The Kier molecular flexibility index (Phi) is 7.86. The van der Waals surface area contributed by atoms with Crippen LogP contribution in [0.25, 0.3) is 0 Å². The summed E-state index contributed by atoms with van der Waals surface area (Å²) in [5.74, 6) is -0.0589. The maximum absolute atomic E-state index is 12.4. The molecule has 0 aromatic heterocycles. The molecule has 0 unspecified atom stereocenters. The number of carbonyl (C=O) groups is 2. The van der Waals surface area contributed by atoms with Crippen LogP contribution in [0.3, 0.4) is 0 Å². The summed E-state index contributed by atoms with van der Waals surface area (Å²) in [5.41, 5.74) is 2.42. The number of hydrogen-bond donors (Lipinski definition) is 1. The second-order valence-electron chi connectivity index (χ2n) is 6.27. The maximum Gasteiger partial charge on any atom is 0.347 e. The van der Waals surface area contributed by atoms with E-state index in [1.54, 1.807) is 31.2 Å². The number of amides is 1. The minimum absolute atomic E-state index is 0.186. The standard InChI is InChI=1S/C22H27NO4/c1-4-6-15-26-22(25)16(3)27-19-13-11-18(12-14-19)21(24)23-20-10-8-7-9-17(20)5-2/h7-14,16H,4-6,15H2,1-3H3,(H,23,24)/t16-/m1/s1. The van der Waals surface area contributed by atoms with Gasteiger partial charge in [-0.25, -0.2) is 4.79 Å². The van der Waals surface area contributed by atoms with Gasteiger partial charge in [-0.2, -0.15) is 0 Å². The van der Waals surface area contributed by atoms with Gasteiger partial charge in [0.25, 0.3) is 5.91 Å². The van der Waals surface area contributed by atoms with Crippen molar-refractivity contribution in [2.45, 2.75) is 46.1 Å². The predicted octanol–water partition coefficient (Wildman–Crippen LogP) is 4.61. The number of carbonyl (C=O) groups excluding carboxylic acids is 2. The summed E-state index contributed by atoms with van der Waals surface area (Å²) < 4.78 is 10.7. The normalized spacial score (nSPS) is 11.5. The maximum atomic E-state index is 12.4. The van der Waals surface area contributed by atoms with Crippen molar-refractivity contribution in [2.75, 3.05) is 11.9 Å². The summed E-state index contributed by atoms with van der Waals surface area (Å²) in [6.07, 6.45) is 1.95. The molecule has 0 fully saturated rings. The Labute approximate surface area is 160 Å². The molecular formula is C22H27NO4. The molecule has 2 aromatic carbocycles. The van der Waals surface area contributed by atoms with Gasteiger partial charge in [0.2, 0.25) is 0 Å². The summed E-state index contributed by atoms with van der Waals surface area (Å²) in [6, 6.07) is 14.4. The number of anilines is 1. The van der Waals surface area contributed by atoms with Crippen LogP contribution >= 0.6 is 0 Å². The zero-order valence-corrected chi connectivity index (χ0v) is 16.2. The predicted molar refractivity (Wildman–Crippen MR) is 106 cm³/mol. The fourth-order valence-corrected chi connectivity index (χ4v) is 2.52. The van der Waals surface area contributed by atoms with Crippen LogP contribution in [0.4, 0.5) is 5.69 Å². The number of hydrogen-bond acceptors (Lipinski definition) is 4. The SMILES string of the molecule is CCCCOC(=O)[C@@H](C)Oc1ccc(C(=O)Nc2ccccc2CC)cc1. The van der Waals surface area contributed by atoms with Gasteiger partial charge in [-0.3, -0.25) is 4.79 Å². The van der Waals surface area contributed by atoms with Gasteiger partial charge < -0.3 is 14.8 Å². The largest absolute Gasteiger partial charge is 0.479 e. The van der Waals surface area contributed by atoms with Crippen molar-refractivity contribution in [1.82, 2.24) is 0 Å². The van der Waals surface area contributed by atoms with E-state index >= 15 is 0 Å². The van der Waals surface area contributed by atoms with Gasteiger partial charge in [-0.15, -0.1) is 0 Å². The number of para-hydroxylation sites is 1. The highest BCUT2D eigenvalue weighted by atomic mass is 16.6. The van der Waals surface area contributed by atoms with Crippen LogP contribution in [0.5, 0.6) is 5.75 Å². The first-order valence-corrected chi connectivity index (χ1v) is 9.37. The molecule has 1 N–H and O–H groups in total. The van der Waals surface area contributed by atoms with Gasteiger partial charge in [0.1, 0.15) is 5.75 Å². The molecule has 5 heteroatoms. The molecule has 2 rings (SSSR count). The van der Waals surface area contributed by atoms with Crippen molar-refractivity contribution in [2.24, 2.45) is 0 Å². The average Bonchev–Trinajstić information content (AvgIpc) is 2.69. The number of esters is 1. The Balaban J connectivity index is 1.94. The third-order valence-electron chi connectivity index (χ3n) is 4.15. The molecule has 1 amide bonds. The quantitative estimate of drug-likeness (QED) is 0.518. The van der Waals surface area contributed by atoms with Crippen molar-refractivity contribution in [1.29, 1.82) is 0 Å². The van der Waals surface area contributed by atoms with E-state index in [-0.39, 0.29) is 11.9 Å². The van der Waals surface area contributed by atoms with Crippen LogP contribution in [-0.2, 0) is 16.0 Å². The monoisotopic (exact) mass is 369 g/mol. The van der Waals surface area contributed by atoms with Crippen molar-refractivity contribution >= 4 is 17.6 Å². The third-order valence-corrected chi connectivity index (χ3v) is 4.15. The van der Waals surface area contributed by atoms with Gasteiger partial charge in [0.05, 0.1) is 6.61 Å². The number of unbranched alkanes of at least 4 members (excludes halogenated alkanes) is 1. The van der Waals surface area contributed by atoms with E-state index in [0.717, 1.165) is 30.5 Å². The first kappa shape index (κ1) is 20.5. The molecule has 0 bridgehead atoms. The van der Waals surface area contributed by atoms with Gasteiger partial charge >= 0.3 is 5.97 Å². The van der Waals surface area contributed by atoms with E-state index in [1.165, 1.54) is 0 Å². The van der Waals surface area contributed by atoms with E-state index in [1.807, 2.05) is 38.1 Å². The Hall–Kier alpha value is -2.82. The molecule has 2 aromatic rings. The van der Waals surface area contributed by atoms with Crippen LogP contribution in [0, 0.1) is 0 Å². The first-order chi connectivity index (χ1) is 13.0. The third kappa shape index (κ3) is 6.13. The van der Waals surface area contributed by atoms with Crippen LogP contribution < -0.4 is 10.1 Å². The fourth-order valence-electron chi connectivity index (χ4n) is 2.52. The molecule has 27 heavy (non-hydrogen) atoms. The van der Waals surface area contributed by atoms with E-state index in [0.29, 0.717) is 17.9 Å². The second kappa shape index (κ2) is 10.4. The highest BCUT2D eigenvalue weighted by Gasteiger charge is 2.16. The van der Waals surface area contributed by atoms with Crippen LogP contribution in [0.1, 0.15) is 49.5 Å². The first-order valence-electron chi connectivity index (χ1n) is 9.37. The number of rotatable bonds is 9. The molecule has 0 aliphatic carbocycles. The van der Waals surface area contributed by atoms with E-state index in [4.69, 9.17) is 9.47 Å². The molecular weight excluding hydrogens is 342 g/mol. The molecule has 1 atom stereocenters. The molecule has 0 spiro atoms. The summed E-state index contributed by atoms with van der Waals surface area (Å²) >= 11 is 0. The van der Waals surface area contributed by atoms with E-state index in [2.05, 4.69) is 5.32 Å². The van der Waals surface area contributed by atoms with Crippen LogP contribution in [-0.4, -0.2) is 24.6 Å². The van der Waals surface area contributed by atoms with Gasteiger partial charge in [-0.05, 0) is 55.7 Å². The Morgan fingerprint density at radius 1 is 1.04 bits per heavy atom. The lowest BCUT2D eigenvalue weighted by Gasteiger charge is -2.14. The lowest BCUT2D eigenvalue weighted by molar-refractivity contribution is -0.151. The average molecular weight is 369 g/mol. The highest BCUT2D eigenvalue weighted by Crippen LogP contribution is 2.18. The summed E-state index contributed by atoms with van der Waals surface area (Å²) in [7, 11) is 0. The molecule has 0 saturated heterocycles. The van der Waals surface area contributed by atoms with Crippen LogP contribution in [0.15, 0.2) is 48.5 Å². The molecule has 5 nitrogen and oxygen atoms in total. The topological polar surface area (TPSA) is 64.6 Å². The summed E-state index contributed by atoms with van der Waals surface area (Å²) in [4.78, 5) is 24.3. The lowest BCUT2D eigenvalue weighted by Crippen LogP contribution is -2.26. The minimum Gasteiger partial charge on any atom is -0.479 e. The number of benzene rings is 2. The molecule has 144 valence electrons. The Morgan fingerprint density at radius 3 is 2.41 bits per heavy atom. The zero-order chi connectivity index (χ0) is 19.6. The van der Waals surface area contributed by atoms with Crippen molar-refractivity contribution < 1.29 is 19.1 Å². The molecule has 0 heterocycles. The van der Waals surface area contributed by atoms with Crippen molar-refractivity contribution in [3.8, 4) is 5.75 Å². The van der Waals surface area contributed by atoms with E-state index in [9.17, 15) is 9.59 Å². The van der Waals surface area contributed by atoms with Gasteiger partial charge in [0, 0.05) is 11.3 Å². The van der Waals surface area contributed by atoms with Crippen LogP contribution in [0.2, 0.25) is 0 Å². The minimum atomic E-state index is -0.696. The smallest absolute Gasteiger partial charge is 0.347 e. The number of nitrogens with one attached hydrogen (secondary N) is 1. The number of aryl methyl sites for hydroxylation is 1. The van der Waals surface area contributed by atoms with E-state index < -0.39 is 6.10 Å². The van der Waals surface area contributed by atoms with Crippen molar-refractivity contribution in [3.05, 3.63) is 59.7 Å². The fraction of sp³-hybridized carbons (Fsp3) is 0.364. The lowest BCUT2D eigenvalue weighted by atomic mass is 10.1. The molecule has 0 aliphatic rings. The molecule has 0 aliphatic heterocycles. The highest BCUT2D eigenvalue weighted by molar-refractivity contribution is 6.04. The Morgan fingerprint density at radius 2 is 1.74 bits per heavy atom. The second-order valence-corrected chi connectivity index (χ2v) is 6.27. The van der Waals surface area contributed by atoms with Gasteiger partial charge in [-0.1, -0.05) is 38.5 Å². The van der Waals surface area contributed by atoms with Crippen molar-refractivity contribution in [3.63, 3.8) is 0 Å². The summed E-state index contributed by atoms with van der Waals surface area (Å²) in [5, 5.41) is 2.93.